The summed E-state index contributed by atoms with van der Waals surface area (Å²) in [4.78, 5) is 10.7. The maximum Gasteiger partial charge on any atom is 0.292 e. The molecule has 0 bridgehead atoms. The van der Waals surface area contributed by atoms with Crippen LogP contribution in [-0.2, 0) is 4.74 Å². The van der Waals surface area contributed by atoms with Crippen LogP contribution in [0.3, 0.4) is 0 Å². The molecule has 1 aliphatic heterocycles. The zero-order valence-corrected chi connectivity index (χ0v) is 10.7. The van der Waals surface area contributed by atoms with E-state index in [-0.39, 0.29) is 22.8 Å². The highest BCUT2D eigenvalue weighted by molar-refractivity contribution is 5.66. The number of anilines is 1. The van der Waals surface area contributed by atoms with E-state index in [0.29, 0.717) is 12.3 Å². The summed E-state index contributed by atoms with van der Waals surface area (Å²) in [6, 6.07) is 5.38. The van der Waals surface area contributed by atoms with Crippen LogP contribution in [0.5, 0.6) is 0 Å². The maximum atomic E-state index is 11.0. The molecule has 2 rings (SSSR count). The average molecular weight is 250 g/mol. The summed E-state index contributed by atoms with van der Waals surface area (Å²) in [6.07, 6.45) is 1.97. The van der Waals surface area contributed by atoms with E-state index in [9.17, 15) is 10.1 Å². The summed E-state index contributed by atoms with van der Waals surface area (Å²) in [6.45, 7) is 4.62. The minimum absolute atomic E-state index is 0.147. The predicted octanol–water partition coefficient (Wildman–Crippen LogP) is 2.88. The highest BCUT2D eigenvalue weighted by Gasteiger charge is 2.23. The van der Waals surface area contributed by atoms with Crippen LogP contribution >= 0.6 is 0 Å². The fourth-order valence-electron chi connectivity index (χ4n) is 2.33. The Balaban J connectivity index is 2.20. The van der Waals surface area contributed by atoms with Crippen molar-refractivity contribution in [1.29, 1.82) is 0 Å². The summed E-state index contributed by atoms with van der Waals surface area (Å²) in [5, 5.41) is 14.3. The normalized spacial score (nSPS) is 23.7. The fourth-order valence-corrected chi connectivity index (χ4v) is 2.33. The number of aryl methyl sites for hydroxylation is 1. The van der Waals surface area contributed by atoms with E-state index in [0.717, 1.165) is 18.4 Å². The molecule has 5 heteroatoms. The lowest BCUT2D eigenvalue weighted by Gasteiger charge is -2.29. The molecule has 2 atom stereocenters. The number of hydrogen-bond acceptors (Lipinski definition) is 4. The van der Waals surface area contributed by atoms with Crippen LogP contribution in [0.1, 0.15) is 25.3 Å². The first-order chi connectivity index (χ1) is 8.58. The van der Waals surface area contributed by atoms with E-state index in [4.69, 9.17) is 4.74 Å². The number of hydrogen-bond donors (Lipinski definition) is 1. The molecule has 0 saturated carbocycles. The van der Waals surface area contributed by atoms with Crippen LogP contribution in [0.2, 0.25) is 0 Å². The standard InChI is InChI=1S/C13H18N2O3/c1-9-4-3-5-12(15(16)17)13(9)14-11-6-7-18-10(2)8-11/h3-5,10-11,14H,6-8H2,1-2H3. The number of nitrogens with one attached hydrogen (secondary N) is 1. The van der Waals surface area contributed by atoms with Crippen molar-refractivity contribution in [2.24, 2.45) is 0 Å². The molecule has 0 aromatic heterocycles. The van der Waals surface area contributed by atoms with Crippen molar-refractivity contribution in [3.8, 4) is 0 Å². The van der Waals surface area contributed by atoms with Crippen molar-refractivity contribution in [2.45, 2.75) is 38.8 Å². The highest BCUT2D eigenvalue weighted by atomic mass is 16.6. The number of nitrogens with zero attached hydrogens (tertiary/aromatic N) is 1. The lowest BCUT2D eigenvalue weighted by molar-refractivity contribution is -0.384. The SMILES string of the molecule is Cc1cccc([N+](=O)[O-])c1NC1CCOC(C)C1. The van der Waals surface area contributed by atoms with Crippen molar-refractivity contribution in [2.75, 3.05) is 11.9 Å². The van der Waals surface area contributed by atoms with E-state index < -0.39 is 0 Å². The van der Waals surface area contributed by atoms with Crippen molar-refractivity contribution in [3.63, 3.8) is 0 Å². The van der Waals surface area contributed by atoms with Crippen molar-refractivity contribution in [3.05, 3.63) is 33.9 Å². The van der Waals surface area contributed by atoms with Crippen molar-refractivity contribution < 1.29 is 9.66 Å². The van der Waals surface area contributed by atoms with Crippen LogP contribution in [0, 0.1) is 17.0 Å². The van der Waals surface area contributed by atoms with Gasteiger partial charge in [-0.25, -0.2) is 0 Å². The summed E-state index contributed by atoms with van der Waals surface area (Å²) >= 11 is 0. The molecule has 1 fully saturated rings. The van der Waals surface area contributed by atoms with Crippen LogP contribution in [-0.4, -0.2) is 23.7 Å². The molecule has 1 aromatic carbocycles. The van der Waals surface area contributed by atoms with Gasteiger partial charge >= 0.3 is 0 Å². The van der Waals surface area contributed by atoms with Crippen molar-refractivity contribution in [1.82, 2.24) is 0 Å². The summed E-state index contributed by atoms with van der Waals surface area (Å²) in [5.41, 5.74) is 1.69. The van der Waals surface area contributed by atoms with E-state index in [1.54, 1.807) is 6.07 Å². The molecule has 0 spiro atoms. The molecular weight excluding hydrogens is 232 g/mol. The zero-order chi connectivity index (χ0) is 13.1. The third-order valence-electron chi connectivity index (χ3n) is 3.28. The molecule has 5 nitrogen and oxygen atoms in total. The van der Waals surface area contributed by atoms with Gasteiger partial charge in [0.05, 0.1) is 11.0 Å². The van der Waals surface area contributed by atoms with E-state index in [1.165, 1.54) is 6.07 Å². The molecule has 98 valence electrons. The quantitative estimate of drug-likeness (QED) is 0.661. The molecular formula is C13H18N2O3. The van der Waals surface area contributed by atoms with Gasteiger partial charge in [0.2, 0.25) is 0 Å². The van der Waals surface area contributed by atoms with E-state index in [1.807, 2.05) is 19.9 Å². The summed E-state index contributed by atoms with van der Waals surface area (Å²) in [7, 11) is 0. The van der Waals surface area contributed by atoms with Gasteiger partial charge in [0.15, 0.2) is 0 Å². The second-order valence-corrected chi connectivity index (χ2v) is 4.77. The van der Waals surface area contributed by atoms with E-state index in [2.05, 4.69) is 5.32 Å². The Morgan fingerprint density at radius 2 is 2.28 bits per heavy atom. The molecule has 1 N–H and O–H groups in total. The van der Waals surface area contributed by atoms with Crippen LogP contribution < -0.4 is 5.32 Å². The first-order valence-corrected chi connectivity index (χ1v) is 6.20. The van der Waals surface area contributed by atoms with Gasteiger partial charge in [0.1, 0.15) is 5.69 Å². The smallest absolute Gasteiger partial charge is 0.292 e. The first kappa shape index (κ1) is 12.8. The van der Waals surface area contributed by atoms with Gasteiger partial charge in [-0.15, -0.1) is 0 Å². The van der Waals surface area contributed by atoms with Crippen LogP contribution in [0.25, 0.3) is 0 Å². The van der Waals surface area contributed by atoms with Gasteiger partial charge in [-0.05, 0) is 32.3 Å². The molecule has 1 aliphatic rings. The van der Waals surface area contributed by atoms with Crippen LogP contribution in [0.4, 0.5) is 11.4 Å². The molecule has 2 unspecified atom stereocenters. The molecule has 0 radical (unpaired) electrons. The number of rotatable bonds is 3. The predicted molar refractivity (Wildman–Crippen MR) is 69.9 cm³/mol. The monoisotopic (exact) mass is 250 g/mol. The van der Waals surface area contributed by atoms with Crippen molar-refractivity contribution >= 4 is 11.4 Å². The van der Waals surface area contributed by atoms with Crippen LogP contribution in [0.15, 0.2) is 18.2 Å². The van der Waals surface area contributed by atoms with Gasteiger partial charge < -0.3 is 10.1 Å². The number of nitro benzene ring substituents is 1. The lowest BCUT2D eigenvalue weighted by atomic mass is 10.0. The average Bonchev–Trinajstić information content (AvgIpc) is 2.31. The van der Waals surface area contributed by atoms with Gasteiger partial charge in [0, 0.05) is 18.7 Å². The fraction of sp³-hybridized carbons (Fsp3) is 0.538. The van der Waals surface area contributed by atoms with Gasteiger partial charge in [-0.1, -0.05) is 12.1 Å². The van der Waals surface area contributed by atoms with E-state index >= 15 is 0 Å². The summed E-state index contributed by atoms with van der Waals surface area (Å²) in [5.74, 6) is 0. The molecule has 0 aliphatic carbocycles. The lowest BCUT2D eigenvalue weighted by Crippen LogP contribution is -2.32. The minimum Gasteiger partial charge on any atom is -0.378 e. The number of benzene rings is 1. The first-order valence-electron chi connectivity index (χ1n) is 6.20. The Kier molecular flexibility index (Phi) is 3.81. The number of nitro groups is 1. The zero-order valence-electron chi connectivity index (χ0n) is 10.7. The Morgan fingerprint density at radius 3 is 2.94 bits per heavy atom. The third-order valence-corrected chi connectivity index (χ3v) is 3.28. The van der Waals surface area contributed by atoms with Gasteiger partial charge in [0.25, 0.3) is 5.69 Å². The second kappa shape index (κ2) is 5.35. The van der Waals surface area contributed by atoms with Gasteiger partial charge in [-0.3, -0.25) is 10.1 Å². The molecule has 18 heavy (non-hydrogen) atoms. The molecule has 1 saturated heterocycles. The Bertz CT molecular complexity index is 448. The number of ether oxygens (including phenoxy) is 1. The van der Waals surface area contributed by atoms with Gasteiger partial charge in [-0.2, -0.15) is 0 Å². The molecule has 0 amide bonds. The highest BCUT2D eigenvalue weighted by Crippen LogP contribution is 2.30. The summed E-state index contributed by atoms with van der Waals surface area (Å²) < 4.78 is 5.48. The topological polar surface area (TPSA) is 64.4 Å². The largest absolute Gasteiger partial charge is 0.378 e. The Hall–Kier alpha value is -1.62. The molecule has 1 aromatic rings. The number of para-hydroxylation sites is 1. The maximum absolute atomic E-state index is 11.0. The Morgan fingerprint density at radius 1 is 1.50 bits per heavy atom. The minimum atomic E-state index is -0.335. The molecule has 1 heterocycles. The second-order valence-electron chi connectivity index (χ2n) is 4.77. The Labute approximate surface area is 106 Å². The third kappa shape index (κ3) is 2.79.